The summed E-state index contributed by atoms with van der Waals surface area (Å²) in [7, 11) is 3.20. The molecule has 6 heteroatoms. The summed E-state index contributed by atoms with van der Waals surface area (Å²) in [4.78, 5) is 16.8. The largest absolute Gasteiger partial charge is 0.497 e. The third kappa shape index (κ3) is 2.44. The van der Waals surface area contributed by atoms with E-state index in [2.05, 4.69) is 9.97 Å². The normalized spacial score (nSPS) is 12.3. The highest BCUT2D eigenvalue weighted by Gasteiger charge is 2.15. The number of hydrogen-bond acceptors (Lipinski definition) is 4. The molecular weight excluding hydrogens is 282 g/mol. The quantitative estimate of drug-likeness (QED) is 0.686. The van der Waals surface area contributed by atoms with Gasteiger partial charge in [-0.25, -0.2) is 4.79 Å². The molecule has 3 aromatic rings. The van der Waals surface area contributed by atoms with Gasteiger partial charge in [0.15, 0.2) is 0 Å². The molecule has 0 saturated carbocycles. The number of benzene rings is 2. The van der Waals surface area contributed by atoms with Gasteiger partial charge < -0.3 is 25.2 Å². The number of hydrogen-bond donors (Lipinski definition) is 3. The number of ether oxygens (including phenoxy) is 2. The van der Waals surface area contributed by atoms with Crippen molar-refractivity contribution in [1.82, 2.24) is 9.97 Å². The van der Waals surface area contributed by atoms with E-state index in [1.807, 2.05) is 30.3 Å². The maximum atomic E-state index is 11.3. The van der Waals surface area contributed by atoms with E-state index in [9.17, 15) is 4.79 Å². The summed E-state index contributed by atoms with van der Waals surface area (Å²) in [5, 5.41) is 0. The maximum Gasteiger partial charge on any atom is 0.323 e. The van der Waals surface area contributed by atoms with E-state index in [4.69, 9.17) is 15.2 Å². The predicted octanol–water partition coefficient (Wildman–Crippen LogP) is 1.92. The lowest BCUT2D eigenvalue weighted by Crippen LogP contribution is -2.13. The second kappa shape index (κ2) is 5.57. The average molecular weight is 299 g/mol. The second-order valence-corrected chi connectivity index (χ2v) is 4.97. The number of H-pyrrole nitrogens is 2. The van der Waals surface area contributed by atoms with E-state index in [0.29, 0.717) is 11.5 Å². The molecule has 2 aromatic carbocycles. The van der Waals surface area contributed by atoms with Crippen LogP contribution in [-0.4, -0.2) is 24.2 Å². The molecule has 1 heterocycles. The van der Waals surface area contributed by atoms with Gasteiger partial charge in [0.1, 0.15) is 11.5 Å². The van der Waals surface area contributed by atoms with E-state index in [1.165, 1.54) is 0 Å². The average Bonchev–Trinajstić information content (AvgIpc) is 2.92. The van der Waals surface area contributed by atoms with Gasteiger partial charge in [0, 0.05) is 11.6 Å². The van der Waals surface area contributed by atoms with Crippen molar-refractivity contribution in [2.45, 2.75) is 6.04 Å². The zero-order chi connectivity index (χ0) is 15.7. The maximum absolute atomic E-state index is 11.3. The minimum atomic E-state index is -0.372. The van der Waals surface area contributed by atoms with Crippen molar-refractivity contribution in [3.05, 3.63) is 58.0 Å². The van der Waals surface area contributed by atoms with Crippen molar-refractivity contribution in [1.29, 1.82) is 0 Å². The van der Waals surface area contributed by atoms with Gasteiger partial charge in [-0.05, 0) is 29.8 Å². The van der Waals surface area contributed by atoms with Gasteiger partial charge in [-0.3, -0.25) is 0 Å². The fourth-order valence-corrected chi connectivity index (χ4v) is 2.50. The lowest BCUT2D eigenvalue weighted by molar-refractivity contribution is 0.390. The van der Waals surface area contributed by atoms with Crippen molar-refractivity contribution < 1.29 is 9.47 Å². The minimum absolute atomic E-state index is 0.234. The molecule has 1 atom stereocenters. The highest BCUT2D eigenvalue weighted by atomic mass is 16.5. The smallest absolute Gasteiger partial charge is 0.323 e. The molecule has 0 saturated heterocycles. The Hall–Kier alpha value is -2.73. The van der Waals surface area contributed by atoms with Crippen LogP contribution in [0.1, 0.15) is 17.2 Å². The number of nitrogens with two attached hydrogens (primary N) is 1. The van der Waals surface area contributed by atoms with Crippen molar-refractivity contribution in [3.63, 3.8) is 0 Å². The van der Waals surface area contributed by atoms with Crippen molar-refractivity contribution in [2.24, 2.45) is 5.73 Å². The molecule has 4 N–H and O–H groups in total. The summed E-state index contributed by atoms with van der Waals surface area (Å²) < 4.78 is 10.6. The molecule has 0 radical (unpaired) electrons. The zero-order valence-electron chi connectivity index (χ0n) is 12.3. The molecule has 0 fully saturated rings. The topological polar surface area (TPSA) is 93.1 Å². The molecule has 1 unspecified atom stereocenters. The van der Waals surface area contributed by atoms with Gasteiger partial charge in [0.05, 0.1) is 31.3 Å². The van der Waals surface area contributed by atoms with Crippen molar-refractivity contribution in [3.8, 4) is 11.5 Å². The first-order valence-corrected chi connectivity index (χ1v) is 6.82. The molecule has 22 heavy (non-hydrogen) atoms. The number of aromatic nitrogens is 2. The molecule has 0 amide bonds. The Balaban J connectivity index is 2.04. The SMILES string of the molecule is COc1ccc(C(N)c2ccc3[nH]c(=O)[nH]c3c2)c(OC)c1. The lowest BCUT2D eigenvalue weighted by Gasteiger charge is -2.17. The van der Waals surface area contributed by atoms with Crippen LogP contribution in [0.5, 0.6) is 11.5 Å². The Morgan fingerprint density at radius 3 is 2.50 bits per heavy atom. The van der Waals surface area contributed by atoms with E-state index in [0.717, 1.165) is 22.2 Å². The number of nitrogens with one attached hydrogen (secondary N) is 2. The van der Waals surface area contributed by atoms with Crippen molar-refractivity contribution >= 4 is 11.0 Å². The van der Waals surface area contributed by atoms with Gasteiger partial charge in [0.25, 0.3) is 0 Å². The number of rotatable bonds is 4. The molecule has 0 aliphatic heterocycles. The number of imidazole rings is 1. The third-order valence-electron chi connectivity index (χ3n) is 3.67. The van der Waals surface area contributed by atoms with Gasteiger partial charge in [0.2, 0.25) is 0 Å². The Morgan fingerprint density at radius 2 is 1.77 bits per heavy atom. The first kappa shape index (κ1) is 14.2. The molecule has 0 bridgehead atoms. The summed E-state index contributed by atoms with van der Waals surface area (Å²) in [6.07, 6.45) is 0. The van der Waals surface area contributed by atoms with Crippen LogP contribution in [-0.2, 0) is 0 Å². The zero-order valence-corrected chi connectivity index (χ0v) is 12.3. The van der Waals surface area contributed by atoms with Crippen LogP contribution < -0.4 is 20.9 Å². The Kier molecular flexibility index (Phi) is 3.60. The summed E-state index contributed by atoms with van der Waals surface area (Å²) in [5.74, 6) is 1.37. The van der Waals surface area contributed by atoms with E-state index in [1.54, 1.807) is 20.3 Å². The van der Waals surface area contributed by atoms with Crippen LogP contribution in [0.4, 0.5) is 0 Å². The Labute approximate surface area is 126 Å². The molecule has 6 nitrogen and oxygen atoms in total. The first-order valence-electron chi connectivity index (χ1n) is 6.82. The van der Waals surface area contributed by atoms with Crippen LogP contribution in [0, 0.1) is 0 Å². The van der Waals surface area contributed by atoms with Crippen LogP contribution in [0.3, 0.4) is 0 Å². The van der Waals surface area contributed by atoms with E-state index in [-0.39, 0.29) is 11.7 Å². The van der Waals surface area contributed by atoms with Gasteiger partial charge in [-0.1, -0.05) is 6.07 Å². The minimum Gasteiger partial charge on any atom is -0.497 e. The fourth-order valence-electron chi connectivity index (χ4n) is 2.50. The molecule has 0 aliphatic rings. The van der Waals surface area contributed by atoms with Gasteiger partial charge in [-0.15, -0.1) is 0 Å². The summed E-state index contributed by atoms with van der Waals surface area (Å²) in [6.45, 7) is 0. The molecule has 1 aromatic heterocycles. The summed E-state index contributed by atoms with van der Waals surface area (Å²) >= 11 is 0. The van der Waals surface area contributed by atoms with Crippen LogP contribution >= 0.6 is 0 Å². The van der Waals surface area contributed by atoms with Crippen LogP contribution in [0.15, 0.2) is 41.2 Å². The number of fused-ring (bicyclic) bond motifs is 1. The molecule has 0 spiro atoms. The third-order valence-corrected chi connectivity index (χ3v) is 3.67. The van der Waals surface area contributed by atoms with E-state index < -0.39 is 0 Å². The highest BCUT2D eigenvalue weighted by molar-refractivity contribution is 5.75. The monoisotopic (exact) mass is 299 g/mol. The van der Waals surface area contributed by atoms with Gasteiger partial charge in [-0.2, -0.15) is 0 Å². The standard InChI is InChI=1S/C16H17N3O3/c1-21-10-4-5-11(14(8-10)22-2)15(17)9-3-6-12-13(7-9)19-16(20)18-12/h3-8,15H,17H2,1-2H3,(H2,18,19,20). The molecule has 114 valence electrons. The molecule has 0 aliphatic carbocycles. The molecular formula is C16H17N3O3. The summed E-state index contributed by atoms with van der Waals surface area (Å²) in [6, 6.07) is 10.7. The fraction of sp³-hybridized carbons (Fsp3) is 0.188. The van der Waals surface area contributed by atoms with Crippen molar-refractivity contribution in [2.75, 3.05) is 14.2 Å². The van der Waals surface area contributed by atoms with Crippen LogP contribution in [0.25, 0.3) is 11.0 Å². The Morgan fingerprint density at radius 1 is 1.00 bits per heavy atom. The predicted molar refractivity (Wildman–Crippen MR) is 84.5 cm³/mol. The number of methoxy groups -OCH3 is 2. The number of aromatic amines is 2. The lowest BCUT2D eigenvalue weighted by atomic mass is 9.98. The first-order chi connectivity index (χ1) is 10.6. The summed E-state index contributed by atoms with van der Waals surface area (Å²) in [5.41, 5.74) is 9.33. The van der Waals surface area contributed by atoms with Crippen LogP contribution in [0.2, 0.25) is 0 Å². The van der Waals surface area contributed by atoms with E-state index >= 15 is 0 Å². The Bertz CT molecular complexity index is 866. The highest BCUT2D eigenvalue weighted by Crippen LogP contribution is 2.32. The molecule has 3 rings (SSSR count). The van der Waals surface area contributed by atoms with Gasteiger partial charge >= 0.3 is 5.69 Å². The second-order valence-electron chi connectivity index (χ2n) is 4.97.